The highest BCUT2D eigenvalue weighted by molar-refractivity contribution is 5.98. The minimum absolute atomic E-state index is 0.159. The summed E-state index contributed by atoms with van der Waals surface area (Å²) < 4.78 is 0. The number of amides is 1. The summed E-state index contributed by atoms with van der Waals surface area (Å²) in [4.78, 5) is 34.1. The summed E-state index contributed by atoms with van der Waals surface area (Å²) in [5.74, 6) is -2.31. The molecule has 1 amide bonds. The normalized spacial score (nSPS) is 15.3. The highest BCUT2D eigenvalue weighted by Gasteiger charge is 2.18. The van der Waals surface area contributed by atoms with Crippen molar-refractivity contribution in [3.63, 3.8) is 0 Å². The zero-order valence-electron chi connectivity index (χ0n) is 12.2. The van der Waals surface area contributed by atoms with Crippen molar-refractivity contribution in [1.82, 2.24) is 0 Å². The molecule has 0 heterocycles. The Balaban J connectivity index is 2.08. The maximum atomic E-state index is 12.0. The van der Waals surface area contributed by atoms with Gasteiger partial charge in [0.1, 0.15) is 0 Å². The largest absolute Gasteiger partial charge is 0.478 e. The lowest BCUT2D eigenvalue weighted by atomic mass is 9.87. The molecule has 1 fully saturated rings. The number of carbonyl (C=O) groups excluding carboxylic acids is 1. The molecule has 0 unspecified atom stereocenters. The third-order valence-electron chi connectivity index (χ3n) is 3.91. The fourth-order valence-corrected chi connectivity index (χ4v) is 2.81. The Morgan fingerprint density at radius 2 is 1.50 bits per heavy atom. The first kappa shape index (κ1) is 16.0. The second-order valence-corrected chi connectivity index (χ2v) is 5.67. The lowest BCUT2D eigenvalue weighted by Gasteiger charge is -2.20. The van der Waals surface area contributed by atoms with Crippen LogP contribution in [0, 0.1) is 5.92 Å². The Labute approximate surface area is 128 Å². The second-order valence-electron chi connectivity index (χ2n) is 5.67. The molecular formula is C16H19NO5. The Morgan fingerprint density at radius 3 is 2.00 bits per heavy atom. The zero-order valence-corrected chi connectivity index (χ0v) is 12.2. The van der Waals surface area contributed by atoms with E-state index in [1.165, 1.54) is 18.6 Å². The molecule has 1 aromatic rings. The van der Waals surface area contributed by atoms with Crippen LogP contribution in [-0.2, 0) is 4.79 Å². The number of anilines is 1. The van der Waals surface area contributed by atoms with Gasteiger partial charge in [0.15, 0.2) is 0 Å². The molecule has 6 nitrogen and oxygen atoms in total. The molecule has 0 bridgehead atoms. The van der Waals surface area contributed by atoms with Gasteiger partial charge >= 0.3 is 11.9 Å². The minimum atomic E-state index is -1.23. The first-order chi connectivity index (χ1) is 10.5. The van der Waals surface area contributed by atoms with Gasteiger partial charge in [0.2, 0.25) is 5.91 Å². The SMILES string of the molecule is O=C(CC1CCCCC1)Nc1cc(C(=O)O)cc(C(=O)O)c1. The van der Waals surface area contributed by atoms with Crippen molar-refractivity contribution >= 4 is 23.5 Å². The lowest BCUT2D eigenvalue weighted by molar-refractivity contribution is -0.117. The third-order valence-corrected chi connectivity index (χ3v) is 3.91. The van der Waals surface area contributed by atoms with Gasteiger partial charge in [0.25, 0.3) is 0 Å². The second kappa shape index (κ2) is 7.06. The molecule has 1 aromatic carbocycles. The highest BCUT2D eigenvalue weighted by atomic mass is 16.4. The van der Waals surface area contributed by atoms with E-state index in [1.54, 1.807) is 0 Å². The van der Waals surface area contributed by atoms with E-state index in [-0.39, 0.29) is 22.7 Å². The molecule has 0 spiro atoms. The minimum Gasteiger partial charge on any atom is -0.478 e. The number of hydrogen-bond acceptors (Lipinski definition) is 3. The molecule has 118 valence electrons. The van der Waals surface area contributed by atoms with Gasteiger partial charge in [-0.25, -0.2) is 9.59 Å². The van der Waals surface area contributed by atoms with E-state index >= 15 is 0 Å². The van der Waals surface area contributed by atoms with Crippen molar-refractivity contribution in [2.75, 3.05) is 5.32 Å². The van der Waals surface area contributed by atoms with E-state index in [1.807, 2.05) is 0 Å². The molecule has 1 aliphatic carbocycles. The van der Waals surface area contributed by atoms with Gasteiger partial charge in [-0.2, -0.15) is 0 Å². The first-order valence-electron chi connectivity index (χ1n) is 7.37. The van der Waals surface area contributed by atoms with Crippen LogP contribution in [0.1, 0.15) is 59.2 Å². The van der Waals surface area contributed by atoms with Crippen molar-refractivity contribution in [1.29, 1.82) is 0 Å². The van der Waals surface area contributed by atoms with Crippen molar-refractivity contribution in [2.45, 2.75) is 38.5 Å². The monoisotopic (exact) mass is 305 g/mol. The first-order valence-corrected chi connectivity index (χ1v) is 7.37. The summed E-state index contributed by atoms with van der Waals surface area (Å²) >= 11 is 0. The summed E-state index contributed by atoms with van der Waals surface area (Å²) in [6, 6.07) is 3.61. The lowest BCUT2D eigenvalue weighted by Crippen LogP contribution is -2.19. The number of carbonyl (C=O) groups is 3. The maximum absolute atomic E-state index is 12.0. The number of rotatable bonds is 5. The van der Waals surface area contributed by atoms with Crippen LogP contribution in [0.5, 0.6) is 0 Å². The van der Waals surface area contributed by atoms with E-state index in [0.717, 1.165) is 31.7 Å². The van der Waals surface area contributed by atoms with Crippen molar-refractivity contribution in [3.8, 4) is 0 Å². The maximum Gasteiger partial charge on any atom is 0.335 e. The van der Waals surface area contributed by atoms with Gasteiger partial charge < -0.3 is 15.5 Å². The standard InChI is InChI=1S/C16H19NO5/c18-14(6-10-4-2-1-3-5-10)17-13-8-11(15(19)20)7-12(9-13)16(21)22/h7-10H,1-6H2,(H,17,18)(H,19,20)(H,21,22). The molecule has 0 aliphatic heterocycles. The molecule has 3 N–H and O–H groups in total. The van der Waals surface area contributed by atoms with Gasteiger partial charge in [0.05, 0.1) is 11.1 Å². The number of carboxylic acid groups (broad SMARTS) is 2. The Hall–Kier alpha value is -2.37. The third kappa shape index (κ3) is 4.31. The summed E-state index contributed by atoms with van der Waals surface area (Å²) in [5, 5.41) is 20.6. The van der Waals surface area contributed by atoms with E-state index in [4.69, 9.17) is 10.2 Å². The van der Waals surface area contributed by atoms with Gasteiger partial charge in [-0.05, 0) is 37.0 Å². The molecule has 6 heteroatoms. The fraction of sp³-hybridized carbons (Fsp3) is 0.438. The van der Waals surface area contributed by atoms with Crippen LogP contribution in [0.25, 0.3) is 0 Å². The molecule has 0 aromatic heterocycles. The number of benzene rings is 1. The average molecular weight is 305 g/mol. The predicted octanol–water partition coefficient (Wildman–Crippen LogP) is 2.99. The van der Waals surface area contributed by atoms with Crippen LogP contribution in [-0.4, -0.2) is 28.1 Å². The Morgan fingerprint density at radius 1 is 0.955 bits per heavy atom. The van der Waals surface area contributed by atoms with Crippen LogP contribution in [0.4, 0.5) is 5.69 Å². The quantitative estimate of drug-likeness (QED) is 0.775. The van der Waals surface area contributed by atoms with Crippen LogP contribution >= 0.6 is 0 Å². The van der Waals surface area contributed by atoms with Crippen molar-refractivity contribution in [2.24, 2.45) is 5.92 Å². The Kier molecular flexibility index (Phi) is 5.14. The van der Waals surface area contributed by atoms with Gasteiger partial charge in [-0.1, -0.05) is 19.3 Å². The van der Waals surface area contributed by atoms with E-state index in [0.29, 0.717) is 12.3 Å². The number of carboxylic acids is 2. The summed E-state index contributed by atoms with van der Waals surface area (Å²) in [7, 11) is 0. The number of aromatic carboxylic acids is 2. The fourth-order valence-electron chi connectivity index (χ4n) is 2.81. The molecule has 0 saturated heterocycles. The van der Waals surface area contributed by atoms with Crippen LogP contribution < -0.4 is 5.32 Å². The van der Waals surface area contributed by atoms with E-state index in [9.17, 15) is 14.4 Å². The van der Waals surface area contributed by atoms with Crippen molar-refractivity contribution < 1.29 is 24.6 Å². The van der Waals surface area contributed by atoms with Crippen molar-refractivity contribution in [3.05, 3.63) is 29.3 Å². The summed E-state index contributed by atoms with van der Waals surface area (Å²) in [6.07, 6.45) is 5.93. The highest BCUT2D eigenvalue weighted by Crippen LogP contribution is 2.26. The van der Waals surface area contributed by atoms with Gasteiger partial charge in [-0.3, -0.25) is 4.79 Å². The molecule has 0 atom stereocenters. The van der Waals surface area contributed by atoms with Crippen LogP contribution in [0.2, 0.25) is 0 Å². The van der Waals surface area contributed by atoms with Crippen LogP contribution in [0.15, 0.2) is 18.2 Å². The van der Waals surface area contributed by atoms with E-state index < -0.39 is 11.9 Å². The van der Waals surface area contributed by atoms with Gasteiger partial charge in [0, 0.05) is 12.1 Å². The van der Waals surface area contributed by atoms with E-state index in [2.05, 4.69) is 5.32 Å². The zero-order chi connectivity index (χ0) is 16.1. The molecular weight excluding hydrogens is 286 g/mol. The molecule has 2 rings (SSSR count). The van der Waals surface area contributed by atoms with Gasteiger partial charge in [-0.15, -0.1) is 0 Å². The smallest absolute Gasteiger partial charge is 0.335 e. The molecule has 1 aliphatic rings. The molecule has 0 radical (unpaired) electrons. The van der Waals surface area contributed by atoms with Crippen LogP contribution in [0.3, 0.4) is 0 Å². The molecule has 1 saturated carbocycles. The molecule has 22 heavy (non-hydrogen) atoms. The number of nitrogens with one attached hydrogen (secondary N) is 1. The average Bonchev–Trinajstić information content (AvgIpc) is 2.47. The number of hydrogen-bond donors (Lipinski definition) is 3. The summed E-state index contributed by atoms with van der Waals surface area (Å²) in [6.45, 7) is 0. The predicted molar refractivity (Wildman–Crippen MR) is 80.2 cm³/mol. The topological polar surface area (TPSA) is 104 Å². The Bertz CT molecular complexity index is 558. The summed E-state index contributed by atoms with van der Waals surface area (Å²) in [5.41, 5.74) is -0.112.